The molecule has 0 amide bonds. The molecule has 2 N–H and O–H groups in total. The van der Waals surface area contributed by atoms with Crippen LogP contribution in [-0.2, 0) is 11.4 Å². The van der Waals surface area contributed by atoms with Crippen molar-refractivity contribution in [3.63, 3.8) is 0 Å². The first-order valence-corrected chi connectivity index (χ1v) is 8.46. The maximum absolute atomic E-state index is 13.0. The third-order valence-corrected chi connectivity index (χ3v) is 4.18. The molecule has 0 atom stereocenters. The molecule has 1 heterocycles. The van der Waals surface area contributed by atoms with Crippen molar-refractivity contribution >= 4 is 5.84 Å². The lowest BCUT2D eigenvalue weighted by Crippen LogP contribution is -2.30. The summed E-state index contributed by atoms with van der Waals surface area (Å²) in [4.78, 5) is 7.64. The smallest absolute Gasteiger partial charge is 0.170 e. The highest BCUT2D eigenvalue weighted by molar-refractivity contribution is 5.96. The summed E-state index contributed by atoms with van der Waals surface area (Å²) in [5.74, 6) is -0.335. The molecular formula is C20H21F2N3O. The number of rotatable bonds is 6. The molecule has 1 aliphatic rings. The van der Waals surface area contributed by atoms with E-state index in [1.165, 1.54) is 24.3 Å². The molecule has 6 heteroatoms. The fourth-order valence-electron chi connectivity index (χ4n) is 2.83. The standard InChI is InChI=1S/C20H21F2N3O/c21-18-7-3-15(4-8-18)12-25-11-1-2-16(13-25)14-26-24-20(23)17-5-9-19(22)10-6-17/h2-10H,1,11-14H2,(H2,23,24). The van der Waals surface area contributed by atoms with Crippen LogP contribution in [0, 0.1) is 11.6 Å². The number of amidine groups is 1. The van der Waals surface area contributed by atoms with Gasteiger partial charge in [0, 0.05) is 25.2 Å². The van der Waals surface area contributed by atoms with Crippen molar-refractivity contribution in [2.24, 2.45) is 10.9 Å². The van der Waals surface area contributed by atoms with Gasteiger partial charge in [-0.2, -0.15) is 0 Å². The zero-order valence-corrected chi connectivity index (χ0v) is 14.4. The molecule has 0 saturated carbocycles. The van der Waals surface area contributed by atoms with E-state index in [9.17, 15) is 8.78 Å². The number of hydrogen-bond acceptors (Lipinski definition) is 3. The van der Waals surface area contributed by atoms with E-state index in [-0.39, 0.29) is 17.5 Å². The average Bonchev–Trinajstić information content (AvgIpc) is 2.64. The number of nitrogens with zero attached hydrogens (tertiary/aromatic N) is 2. The zero-order chi connectivity index (χ0) is 18.4. The first-order chi connectivity index (χ1) is 12.6. The van der Waals surface area contributed by atoms with Gasteiger partial charge in [-0.25, -0.2) is 8.78 Å². The van der Waals surface area contributed by atoms with Gasteiger partial charge in [0.15, 0.2) is 5.84 Å². The Morgan fingerprint density at radius 2 is 1.69 bits per heavy atom. The molecule has 136 valence electrons. The zero-order valence-electron chi connectivity index (χ0n) is 14.4. The largest absolute Gasteiger partial charge is 0.390 e. The summed E-state index contributed by atoms with van der Waals surface area (Å²) < 4.78 is 25.9. The molecule has 0 aromatic heterocycles. The quantitative estimate of drug-likeness (QED) is 0.373. The van der Waals surface area contributed by atoms with Gasteiger partial charge in [0.2, 0.25) is 0 Å². The summed E-state index contributed by atoms with van der Waals surface area (Å²) in [6, 6.07) is 12.3. The molecule has 2 aromatic carbocycles. The molecule has 0 bridgehead atoms. The summed E-state index contributed by atoms with van der Waals surface area (Å²) in [5, 5.41) is 3.91. The Hall–Kier alpha value is -2.73. The second-order valence-electron chi connectivity index (χ2n) is 6.25. The van der Waals surface area contributed by atoms with Crippen LogP contribution in [0.15, 0.2) is 65.3 Å². The molecule has 0 aliphatic carbocycles. The second-order valence-corrected chi connectivity index (χ2v) is 6.25. The van der Waals surface area contributed by atoms with E-state index in [2.05, 4.69) is 16.1 Å². The van der Waals surface area contributed by atoms with E-state index < -0.39 is 0 Å². The van der Waals surface area contributed by atoms with Crippen LogP contribution >= 0.6 is 0 Å². The van der Waals surface area contributed by atoms with Crippen molar-refractivity contribution in [3.8, 4) is 0 Å². The Morgan fingerprint density at radius 3 is 2.38 bits per heavy atom. The predicted molar refractivity (Wildman–Crippen MR) is 97.5 cm³/mol. The molecule has 0 radical (unpaired) electrons. The van der Waals surface area contributed by atoms with Gasteiger partial charge in [-0.3, -0.25) is 4.90 Å². The van der Waals surface area contributed by atoms with E-state index >= 15 is 0 Å². The van der Waals surface area contributed by atoms with Crippen LogP contribution in [0.4, 0.5) is 8.78 Å². The molecule has 0 fully saturated rings. The van der Waals surface area contributed by atoms with Crippen LogP contribution in [0.5, 0.6) is 0 Å². The van der Waals surface area contributed by atoms with Crippen molar-refractivity contribution < 1.29 is 13.6 Å². The van der Waals surface area contributed by atoms with Gasteiger partial charge in [0.05, 0.1) is 0 Å². The maximum Gasteiger partial charge on any atom is 0.170 e. The predicted octanol–water partition coefficient (Wildman–Crippen LogP) is 3.43. The monoisotopic (exact) mass is 357 g/mol. The first kappa shape index (κ1) is 18.1. The highest BCUT2D eigenvalue weighted by Gasteiger charge is 2.13. The molecule has 4 nitrogen and oxygen atoms in total. The Balaban J connectivity index is 1.50. The molecule has 0 unspecified atom stereocenters. The molecule has 0 spiro atoms. The minimum Gasteiger partial charge on any atom is -0.390 e. The van der Waals surface area contributed by atoms with E-state index in [1.54, 1.807) is 24.3 Å². The van der Waals surface area contributed by atoms with Crippen molar-refractivity contribution in [3.05, 3.63) is 82.9 Å². The van der Waals surface area contributed by atoms with Crippen LogP contribution in [0.3, 0.4) is 0 Å². The number of hydrogen-bond donors (Lipinski definition) is 1. The SMILES string of the molecule is N/C(=N\OCC1=CCCN(Cc2ccc(F)cc2)C1)c1ccc(F)cc1. The molecule has 0 saturated heterocycles. The first-order valence-electron chi connectivity index (χ1n) is 8.46. The van der Waals surface area contributed by atoms with Crippen molar-refractivity contribution in [2.45, 2.75) is 13.0 Å². The third-order valence-electron chi connectivity index (χ3n) is 4.18. The lowest BCUT2D eigenvalue weighted by molar-refractivity contribution is 0.155. The van der Waals surface area contributed by atoms with Gasteiger partial charge in [-0.05, 0) is 54.0 Å². The number of halogens is 2. The van der Waals surface area contributed by atoms with Gasteiger partial charge in [-0.15, -0.1) is 0 Å². The van der Waals surface area contributed by atoms with E-state index in [0.717, 1.165) is 37.2 Å². The summed E-state index contributed by atoms with van der Waals surface area (Å²) in [6.07, 6.45) is 3.07. The lowest BCUT2D eigenvalue weighted by Gasteiger charge is -2.26. The molecule has 1 aliphatic heterocycles. The van der Waals surface area contributed by atoms with E-state index in [4.69, 9.17) is 10.6 Å². The topological polar surface area (TPSA) is 50.9 Å². The Labute approximate surface area is 151 Å². The maximum atomic E-state index is 13.0. The molecule has 3 rings (SSSR count). The van der Waals surface area contributed by atoms with Gasteiger partial charge >= 0.3 is 0 Å². The summed E-state index contributed by atoms with van der Waals surface area (Å²) in [5.41, 5.74) is 8.65. The highest BCUT2D eigenvalue weighted by Crippen LogP contribution is 2.14. The van der Waals surface area contributed by atoms with Crippen LogP contribution in [-0.4, -0.2) is 30.4 Å². The van der Waals surface area contributed by atoms with Gasteiger partial charge in [0.1, 0.15) is 18.2 Å². The number of nitrogens with two attached hydrogens (primary N) is 1. The summed E-state index contributed by atoms with van der Waals surface area (Å²) in [7, 11) is 0. The highest BCUT2D eigenvalue weighted by atomic mass is 19.1. The second kappa shape index (κ2) is 8.58. The third kappa shape index (κ3) is 5.13. The molecule has 26 heavy (non-hydrogen) atoms. The van der Waals surface area contributed by atoms with Crippen molar-refractivity contribution in [1.82, 2.24) is 4.90 Å². The van der Waals surface area contributed by atoms with Crippen LogP contribution < -0.4 is 5.73 Å². The minimum absolute atomic E-state index is 0.213. The normalized spacial score (nSPS) is 15.6. The van der Waals surface area contributed by atoms with Crippen LogP contribution in [0.1, 0.15) is 17.5 Å². The Kier molecular flexibility index (Phi) is 5.96. The summed E-state index contributed by atoms with van der Waals surface area (Å²) in [6.45, 7) is 2.83. The van der Waals surface area contributed by atoms with Gasteiger partial charge in [0.25, 0.3) is 0 Å². The molecule has 2 aromatic rings. The van der Waals surface area contributed by atoms with Crippen LogP contribution in [0.2, 0.25) is 0 Å². The van der Waals surface area contributed by atoms with Crippen molar-refractivity contribution in [1.29, 1.82) is 0 Å². The van der Waals surface area contributed by atoms with E-state index in [1.807, 2.05) is 0 Å². The van der Waals surface area contributed by atoms with Crippen LogP contribution in [0.25, 0.3) is 0 Å². The summed E-state index contributed by atoms with van der Waals surface area (Å²) >= 11 is 0. The molecular weight excluding hydrogens is 336 g/mol. The average molecular weight is 357 g/mol. The Morgan fingerprint density at radius 1 is 1.04 bits per heavy atom. The Bertz CT molecular complexity index is 786. The lowest BCUT2D eigenvalue weighted by atomic mass is 10.1. The van der Waals surface area contributed by atoms with E-state index in [0.29, 0.717) is 12.2 Å². The number of benzene rings is 2. The fourth-order valence-corrected chi connectivity index (χ4v) is 2.83. The fraction of sp³-hybridized carbons (Fsp3) is 0.250. The van der Waals surface area contributed by atoms with Gasteiger partial charge < -0.3 is 10.6 Å². The van der Waals surface area contributed by atoms with Gasteiger partial charge in [-0.1, -0.05) is 23.4 Å². The minimum atomic E-state index is -0.323. The number of oxime groups is 1. The van der Waals surface area contributed by atoms with Crippen molar-refractivity contribution in [2.75, 3.05) is 19.7 Å².